The second kappa shape index (κ2) is 10.6. The maximum absolute atomic E-state index is 13.5. The number of carbonyl (C=O) groups excluding carboxylic acids is 2. The SMILES string of the molecule is C#Cc1cccc(N(CC(=O)NC)C(=O)c2ccc(CC)c(S(=O)(=O)N3CCOCC3)c2)c1. The molecule has 0 atom stereocenters. The van der Waals surface area contributed by atoms with Crippen LogP contribution in [0.2, 0.25) is 0 Å². The predicted molar refractivity (Wildman–Crippen MR) is 126 cm³/mol. The van der Waals surface area contributed by atoms with Crippen molar-refractivity contribution in [2.75, 3.05) is 44.8 Å². The first-order valence-electron chi connectivity index (χ1n) is 10.6. The number of ether oxygens (including phenoxy) is 1. The first-order chi connectivity index (χ1) is 15.8. The number of hydrogen-bond acceptors (Lipinski definition) is 5. The van der Waals surface area contributed by atoms with Crippen molar-refractivity contribution in [1.82, 2.24) is 9.62 Å². The van der Waals surface area contributed by atoms with Crippen LogP contribution in [0, 0.1) is 12.3 Å². The average molecular weight is 470 g/mol. The van der Waals surface area contributed by atoms with Gasteiger partial charge in [0.2, 0.25) is 15.9 Å². The van der Waals surface area contributed by atoms with Crippen molar-refractivity contribution in [1.29, 1.82) is 0 Å². The molecule has 1 saturated heterocycles. The van der Waals surface area contributed by atoms with Crippen molar-refractivity contribution < 1.29 is 22.7 Å². The lowest BCUT2D eigenvalue weighted by Gasteiger charge is -2.27. The third-order valence-corrected chi connectivity index (χ3v) is 7.41. The fourth-order valence-electron chi connectivity index (χ4n) is 3.57. The van der Waals surface area contributed by atoms with Crippen LogP contribution in [0.25, 0.3) is 0 Å². The van der Waals surface area contributed by atoms with E-state index in [0.29, 0.717) is 36.4 Å². The maximum atomic E-state index is 13.5. The van der Waals surface area contributed by atoms with E-state index < -0.39 is 15.9 Å². The zero-order valence-electron chi connectivity index (χ0n) is 18.7. The van der Waals surface area contributed by atoms with E-state index in [1.807, 2.05) is 6.92 Å². The number of hydrogen-bond donors (Lipinski definition) is 1. The van der Waals surface area contributed by atoms with Gasteiger partial charge in [-0.25, -0.2) is 8.42 Å². The van der Waals surface area contributed by atoms with Crippen LogP contribution >= 0.6 is 0 Å². The zero-order valence-corrected chi connectivity index (χ0v) is 19.5. The molecule has 0 aromatic heterocycles. The minimum atomic E-state index is -3.81. The van der Waals surface area contributed by atoms with Crippen molar-refractivity contribution in [3.05, 3.63) is 59.2 Å². The van der Waals surface area contributed by atoms with Crippen molar-refractivity contribution >= 4 is 27.5 Å². The Morgan fingerprint density at radius 3 is 2.55 bits per heavy atom. The average Bonchev–Trinajstić information content (AvgIpc) is 2.86. The van der Waals surface area contributed by atoms with Crippen LogP contribution in [0.5, 0.6) is 0 Å². The molecule has 2 aromatic carbocycles. The highest BCUT2D eigenvalue weighted by Crippen LogP contribution is 2.26. The van der Waals surface area contributed by atoms with Gasteiger partial charge >= 0.3 is 0 Å². The lowest BCUT2D eigenvalue weighted by atomic mass is 10.1. The predicted octanol–water partition coefficient (Wildman–Crippen LogP) is 1.64. The van der Waals surface area contributed by atoms with Gasteiger partial charge in [0.1, 0.15) is 6.54 Å². The van der Waals surface area contributed by atoms with E-state index in [2.05, 4.69) is 11.2 Å². The van der Waals surface area contributed by atoms with Gasteiger partial charge in [0, 0.05) is 37.0 Å². The Labute approximate surface area is 194 Å². The summed E-state index contributed by atoms with van der Waals surface area (Å²) in [5.41, 5.74) is 1.77. The van der Waals surface area contributed by atoms with Crippen LogP contribution < -0.4 is 10.2 Å². The van der Waals surface area contributed by atoms with E-state index in [1.54, 1.807) is 36.4 Å². The third kappa shape index (κ3) is 5.42. The van der Waals surface area contributed by atoms with Crippen LogP contribution in [-0.2, 0) is 26.0 Å². The summed E-state index contributed by atoms with van der Waals surface area (Å²) in [5, 5.41) is 2.51. The topological polar surface area (TPSA) is 96.0 Å². The van der Waals surface area contributed by atoms with Crippen LogP contribution in [0.1, 0.15) is 28.4 Å². The van der Waals surface area contributed by atoms with Crippen LogP contribution in [0.15, 0.2) is 47.4 Å². The number of anilines is 1. The monoisotopic (exact) mass is 469 g/mol. The number of aryl methyl sites for hydroxylation is 1. The molecular weight excluding hydrogens is 442 g/mol. The molecule has 1 aliphatic heterocycles. The van der Waals surface area contributed by atoms with Crippen LogP contribution in [0.3, 0.4) is 0 Å². The summed E-state index contributed by atoms with van der Waals surface area (Å²) in [5.74, 6) is 1.64. The summed E-state index contributed by atoms with van der Waals surface area (Å²) in [6.07, 6.45) is 5.98. The zero-order chi connectivity index (χ0) is 24.0. The van der Waals surface area contributed by atoms with E-state index in [0.717, 1.165) is 0 Å². The van der Waals surface area contributed by atoms with E-state index in [9.17, 15) is 18.0 Å². The first kappa shape index (κ1) is 24.5. The second-order valence-corrected chi connectivity index (χ2v) is 9.36. The Morgan fingerprint density at radius 2 is 1.91 bits per heavy atom. The molecule has 0 saturated carbocycles. The van der Waals surface area contributed by atoms with Crippen LogP contribution in [0.4, 0.5) is 5.69 Å². The van der Waals surface area contributed by atoms with Crippen molar-refractivity contribution in [2.24, 2.45) is 0 Å². The van der Waals surface area contributed by atoms with Gasteiger partial charge in [0.15, 0.2) is 0 Å². The quantitative estimate of drug-likeness (QED) is 0.622. The smallest absolute Gasteiger partial charge is 0.258 e. The molecule has 1 fully saturated rings. The van der Waals surface area contributed by atoms with E-state index >= 15 is 0 Å². The van der Waals surface area contributed by atoms with Crippen LogP contribution in [-0.4, -0.2) is 64.4 Å². The lowest BCUT2D eigenvalue weighted by Crippen LogP contribution is -2.41. The molecule has 3 rings (SSSR count). The minimum Gasteiger partial charge on any atom is -0.379 e. The standard InChI is InChI=1S/C24H27N3O5S/c1-4-18-7-6-8-21(15-18)27(17-23(28)25-3)24(29)20-10-9-19(5-2)22(16-20)33(30,31)26-11-13-32-14-12-26/h1,6-10,15-16H,5,11-14,17H2,2-3H3,(H,25,28). The van der Waals surface area contributed by atoms with E-state index in [1.165, 1.54) is 22.3 Å². The molecule has 2 aromatic rings. The number of amides is 2. The summed E-state index contributed by atoms with van der Waals surface area (Å²) < 4.78 is 33.3. The number of likely N-dealkylation sites (N-methyl/N-ethyl adjacent to an activating group) is 1. The Morgan fingerprint density at radius 1 is 1.18 bits per heavy atom. The summed E-state index contributed by atoms with van der Waals surface area (Å²) in [6.45, 7) is 2.77. The molecule has 2 amide bonds. The molecule has 0 bridgehead atoms. The number of terminal acetylenes is 1. The third-order valence-electron chi connectivity index (χ3n) is 5.43. The summed E-state index contributed by atoms with van der Waals surface area (Å²) in [6, 6.07) is 11.4. The molecule has 0 unspecified atom stereocenters. The molecule has 1 N–H and O–H groups in total. The van der Waals surface area contributed by atoms with Crippen molar-refractivity contribution in [2.45, 2.75) is 18.2 Å². The Bertz CT molecular complexity index is 1180. The number of rotatable bonds is 7. The van der Waals surface area contributed by atoms with Gasteiger partial charge in [-0.3, -0.25) is 14.5 Å². The molecule has 33 heavy (non-hydrogen) atoms. The molecule has 1 heterocycles. The molecule has 8 nitrogen and oxygen atoms in total. The maximum Gasteiger partial charge on any atom is 0.258 e. The Balaban J connectivity index is 2.05. The van der Waals surface area contributed by atoms with E-state index in [-0.39, 0.29) is 36.0 Å². The summed E-state index contributed by atoms with van der Waals surface area (Å²) in [4.78, 5) is 27.1. The van der Waals surface area contributed by atoms with Gasteiger partial charge in [0.25, 0.3) is 5.91 Å². The molecule has 174 valence electrons. The summed E-state index contributed by atoms with van der Waals surface area (Å²) in [7, 11) is -2.33. The summed E-state index contributed by atoms with van der Waals surface area (Å²) >= 11 is 0. The minimum absolute atomic E-state index is 0.0926. The highest BCUT2D eigenvalue weighted by molar-refractivity contribution is 7.89. The van der Waals surface area contributed by atoms with Crippen molar-refractivity contribution in [3.8, 4) is 12.3 Å². The highest BCUT2D eigenvalue weighted by Gasteiger charge is 2.30. The van der Waals surface area contributed by atoms with Gasteiger partial charge in [-0.2, -0.15) is 4.31 Å². The number of benzene rings is 2. The van der Waals surface area contributed by atoms with E-state index in [4.69, 9.17) is 11.2 Å². The number of morpholine rings is 1. The second-order valence-electron chi connectivity index (χ2n) is 7.45. The number of carbonyl (C=O) groups is 2. The largest absolute Gasteiger partial charge is 0.379 e. The highest BCUT2D eigenvalue weighted by atomic mass is 32.2. The fourth-order valence-corrected chi connectivity index (χ4v) is 5.30. The van der Waals surface area contributed by atoms with Gasteiger partial charge in [0.05, 0.1) is 18.1 Å². The molecule has 0 radical (unpaired) electrons. The molecule has 0 spiro atoms. The van der Waals surface area contributed by atoms with Gasteiger partial charge < -0.3 is 10.1 Å². The Kier molecular flexibility index (Phi) is 7.87. The number of nitrogens with one attached hydrogen (secondary N) is 1. The Hall–Kier alpha value is -3.19. The molecule has 1 aliphatic rings. The van der Waals surface area contributed by atoms with Gasteiger partial charge in [-0.05, 0) is 42.3 Å². The fraction of sp³-hybridized carbons (Fsp3) is 0.333. The number of nitrogens with zero attached hydrogens (tertiary/aromatic N) is 2. The molecule has 0 aliphatic carbocycles. The lowest BCUT2D eigenvalue weighted by molar-refractivity contribution is -0.119. The molecular formula is C24H27N3O5S. The normalized spacial score (nSPS) is 14.3. The number of sulfonamides is 1. The molecule has 9 heteroatoms. The van der Waals surface area contributed by atoms with Gasteiger partial charge in [-0.1, -0.05) is 25.0 Å². The van der Waals surface area contributed by atoms with Gasteiger partial charge in [-0.15, -0.1) is 6.42 Å². The van der Waals surface area contributed by atoms with Crippen molar-refractivity contribution in [3.63, 3.8) is 0 Å². The first-order valence-corrected chi connectivity index (χ1v) is 12.1.